The van der Waals surface area contributed by atoms with Crippen LogP contribution in [-0.2, 0) is 0 Å². The van der Waals surface area contributed by atoms with Crippen LogP contribution in [0.15, 0.2) is 23.2 Å². The van der Waals surface area contributed by atoms with Crippen molar-refractivity contribution in [1.82, 2.24) is 10.2 Å². The summed E-state index contributed by atoms with van der Waals surface area (Å²) in [4.78, 5) is 2.37. The molecule has 1 aliphatic heterocycles. The molecule has 1 aromatic rings. The minimum absolute atomic E-state index is 0.170. The second kappa shape index (κ2) is 6.50. The van der Waals surface area contributed by atoms with Gasteiger partial charge in [-0.1, -0.05) is 13.5 Å². The largest absolute Gasteiger partial charge is 0.507 e. The molecule has 0 spiro atoms. The molecule has 1 atom stereocenters. The van der Waals surface area contributed by atoms with Crippen LogP contribution in [-0.4, -0.2) is 36.4 Å². The summed E-state index contributed by atoms with van der Waals surface area (Å²) in [5, 5.41) is 13.5. The highest BCUT2D eigenvalue weighted by atomic mass is 79.9. The zero-order chi connectivity index (χ0) is 14.7. The molecule has 0 aromatic heterocycles. The van der Waals surface area contributed by atoms with Gasteiger partial charge in [-0.15, -0.1) is 0 Å². The molecule has 1 heterocycles. The molecule has 1 unspecified atom stereocenters. The van der Waals surface area contributed by atoms with Gasteiger partial charge in [-0.25, -0.2) is 0 Å². The second-order valence-electron chi connectivity index (χ2n) is 4.88. The first-order valence-electron chi connectivity index (χ1n) is 6.83. The van der Waals surface area contributed by atoms with Crippen LogP contribution in [0.4, 0.5) is 0 Å². The third-order valence-corrected chi connectivity index (χ3v) is 4.33. The van der Waals surface area contributed by atoms with Crippen molar-refractivity contribution in [2.24, 2.45) is 0 Å². The van der Waals surface area contributed by atoms with Crippen LogP contribution in [0.25, 0.3) is 5.70 Å². The normalized spacial score (nSPS) is 19.1. The second-order valence-corrected chi connectivity index (χ2v) is 5.74. The number of phenolic OH excluding ortho intramolecular Hbond substituents is 1. The van der Waals surface area contributed by atoms with Gasteiger partial charge in [0.05, 0.1) is 23.3 Å². The average Bonchev–Trinajstić information content (AvgIpc) is 2.87. The Morgan fingerprint density at radius 1 is 1.60 bits per heavy atom. The number of nitrogens with zero attached hydrogens (tertiary/aromatic N) is 1. The van der Waals surface area contributed by atoms with E-state index in [1.807, 2.05) is 0 Å². The third kappa shape index (κ3) is 2.94. The number of likely N-dealkylation sites (tertiary alicyclic amines) is 1. The van der Waals surface area contributed by atoms with Crippen molar-refractivity contribution >= 4 is 21.6 Å². The fourth-order valence-corrected chi connectivity index (χ4v) is 3.17. The van der Waals surface area contributed by atoms with E-state index in [-0.39, 0.29) is 11.9 Å². The summed E-state index contributed by atoms with van der Waals surface area (Å²) in [7, 11) is 1.59. The zero-order valence-corrected chi connectivity index (χ0v) is 13.5. The summed E-state index contributed by atoms with van der Waals surface area (Å²) >= 11 is 3.43. The van der Waals surface area contributed by atoms with Crippen LogP contribution >= 0.6 is 15.9 Å². The molecular weight excluding hydrogens is 320 g/mol. The molecule has 20 heavy (non-hydrogen) atoms. The number of phenols is 1. The van der Waals surface area contributed by atoms with Gasteiger partial charge < -0.3 is 15.2 Å². The van der Waals surface area contributed by atoms with E-state index in [0.717, 1.165) is 24.0 Å². The van der Waals surface area contributed by atoms with Gasteiger partial charge in [0.15, 0.2) is 0 Å². The molecule has 1 fully saturated rings. The van der Waals surface area contributed by atoms with E-state index in [1.165, 1.54) is 6.42 Å². The molecule has 0 amide bonds. The van der Waals surface area contributed by atoms with Crippen LogP contribution in [0.2, 0.25) is 0 Å². The van der Waals surface area contributed by atoms with Crippen molar-refractivity contribution in [3.05, 3.63) is 28.7 Å². The van der Waals surface area contributed by atoms with Crippen molar-refractivity contribution in [3.8, 4) is 11.5 Å². The Morgan fingerprint density at radius 3 is 3.00 bits per heavy atom. The molecule has 110 valence electrons. The quantitative estimate of drug-likeness (QED) is 0.864. The SMILES string of the molecule is C=C(NC1CCCN1CC)c1c(O)ccc(Br)c1OC. The van der Waals surface area contributed by atoms with Gasteiger partial charge in [0.2, 0.25) is 0 Å². The lowest BCUT2D eigenvalue weighted by Crippen LogP contribution is -2.39. The molecule has 2 N–H and O–H groups in total. The minimum atomic E-state index is 0.170. The molecule has 0 saturated carbocycles. The predicted molar refractivity (Wildman–Crippen MR) is 84.8 cm³/mol. The van der Waals surface area contributed by atoms with Gasteiger partial charge in [-0.2, -0.15) is 0 Å². The fourth-order valence-electron chi connectivity index (χ4n) is 2.68. The Hall–Kier alpha value is -1.20. The Morgan fingerprint density at radius 2 is 2.35 bits per heavy atom. The zero-order valence-electron chi connectivity index (χ0n) is 11.9. The number of aromatic hydroxyl groups is 1. The average molecular weight is 341 g/mol. The maximum absolute atomic E-state index is 10.1. The summed E-state index contributed by atoms with van der Waals surface area (Å²) in [5.41, 5.74) is 1.30. The van der Waals surface area contributed by atoms with E-state index in [9.17, 15) is 5.11 Å². The van der Waals surface area contributed by atoms with Crippen LogP contribution in [0.5, 0.6) is 11.5 Å². The highest BCUT2D eigenvalue weighted by molar-refractivity contribution is 9.10. The van der Waals surface area contributed by atoms with Crippen LogP contribution in [0.3, 0.4) is 0 Å². The number of halogens is 1. The van der Waals surface area contributed by atoms with Crippen molar-refractivity contribution in [1.29, 1.82) is 0 Å². The maximum Gasteiger partial charge on any atom is 0.146 e. The summed E-state index contributed by atoms with van der Waals surface area (Å²) in [6, 6.07) is 3.40. The standard InChI is InChI=1S/C15H21BrN2O2/c1-4-18-9-5-6-13(18)17-10(2)14-12(19)8-7-11(16)15(14)20-3/h7-8,13,17,19H,2,4-6,9H2,1,3H3. The first-order chi connectivity index (χ1) is 9.58. The van der Waals surface area contributed by atoms with Gasteiger partial charge in [0.1, 0.15) is 11.5 Å². The van der Waals surface area contributed by atoms with E-state index in [0.29, 0.717) is 17.0 Å². The number of ether oxygens (including phenoxy) is 1. The predicted octanol–water partition coefficient (Wildman–Crippen LogP) is 3.17. The molecule has 2 rings (SSSR count). The fraction of sp³-hybridized carbons (Fsp3) is 0.467. The summed E-state index contributed by atoms with van der Waals surface area (Å²) in [6.07, 6.45) is 2.54. The first-order valence-corrected chi connectivity index (χ1v) is 7.63. The van der Waals surface area contributed by atoms with Gasteiger partial charge in [0.25, 0.3) is 0 Å². The van der Waals surface area contributed by atoms with Gasteiger partial charge in [-0.3, -0.25) is 4.90 Å². The highest BCUT2D eigenvalue weighted by Crippen LogP contribution is 2.38. The van der Waals surface area contributed by atoms with E-state index in [4.69, 9.17) is 4.74 Å². The van der Waals surface area contributed by atoms with Gasteiger partial charge in [-0.05, 0) is 47.4 Å². The number of rotatable bonds is 5. The Kier molecular flexibility index (Phi) is 4.94. The van der Waals surface area contributed by atoms with E-state index in [2.05, 4.69) is 39.6 Å². The van der Waals surface area contributed by atoms with Crippen molar-refractivity contribution in [2.75, 3.05) is 20.2 Å². The minimum Gasteiger partial charge on any atom is -0.507 e. The summed E-state index contributed by atoms with van der Waals surface area (Å²) in [6.45, 7) is 8.33. The van der Waals surface area contributed by atoms with Gasteiger partial charge >= 0.3 is 0 Å². The van der Waals surface area contributed by atoms with Crippen LogP contribution < -0.4 is 10.1 Å². The molecule has 4 nitrogen and oxygen atoms in total. The van der Waals surface area contributed by atoms with E-state index in [1.54, 1.807) is 19.2 Å². The van der Waals surface area contributed by atoms with Gasteiger partial charge in [0, 0.05) is 12.2 Å². The van der Waals surface area contributed by atoms with E-state index >= 15 is 0 Å². The number of methoxy groups -OCH3 is 1. The first kappa shape index (κ1) is 15.2. The summed E-state index contributed by atoms with van der Waals surface area (Å²) < 4.78 is 6.17. The molecule has 0 radical (unpaired) electrons. The Labute approximate surface area is 128 Å². The number of benzene rings is 1. The number of hydrogen-bond donors (Lipinski definition) is 2. The molecule has 0 bridgehead atoms. The molecule has 1 aromatic carbocycles. The lowest BCUT2D eigenvalue weighted by Gasteiger charge is -2.26. The van der Waals surface area contributed by atoms with E-state index < -0.39 is 0 Å². The highest BCUT2D eigenvalue weighted by Gasteiger charge is 2.25. The lowest BCUT2D eigenvalue weighted by atomic mass is 10.1. The van der Waals surface area contributed by atoms with Crippen LogP contribution in [0.1, 0.15) is 25.3 Å². The Bertz CT molecular complexity index is 505. The Balaban J connectivity index is 2.23. The molecule has 1 saturated heterocycles. The van der Waals surface area contributed by atoms with Crippen molar-refractivity contribution in [3.63, 3.8) is 0 Å². The topological polar surface area (TPSA) is 44.7 Å². The number of nitrogens with one attached hydrogen (secondary N) is 1. The van der Waals surface area contributed by atoms with Crippen molar-refractivity contribution < 1.29 is 9.84 Å². The molecular formula is C15H21BrN2O2. The lowest BCUT2D eigenvalue weighted by molar-refractivity contribution is 0.249. The molecule has 5 heteroatoms. The number of hydrogen-bond acceptors (Lipinski definition) is 4. The summed E-state index contributed by atoms with van der Waals surface area (Å²) in [5.74, 6) is 0.771. The van der Waals surface area contributed by atoms with Crippen molar-refractivity contribution in [2.45, 2.75) is 25.9 Å². The third-order valence-electron chi connectivity index (χ3n) is 3.70. The molecule has 0 aliphatic carbocycles. The monoisotopic (exact) mass is 340 g/mol. The van der Waals surface area contributed by atoms with Crippen LogP contribution in [0, 0.1) is 0 Å². The molecule has 1 aliphatic rings. The maximum atomic E-state index is 10.1. The smallest absolute Gasteiger partial charge is 0.146 e.